The number of aromatic amines is 1. The molecule has 0 spiro atoms. The molecule has 104 valence electrons. The number of aromatic nitrogens is 1. The van der Waals surface area contributed by atoms with Crippen LogP contribution in [0, 0.1) is 5.92 Å². The summed E-state index contributed by atoms with van der Waals surface area (Å²) in [5.74, 6) is 0.769. The smallest absolute Gasteiger partial charge is 0.248 e. The normalized spacial score (nSPS) is 24.1. The van der Waals surface area contributed by atoms with Crippen LogP contribution in [0.15, 0.2) is 16.9 Å². The molecule has 0 radical (unpaired) electrons. The predicted octanol–water partition coefficient (Wildman–Crippen LogP) is 1.25. The van der Waals surface area contributed by atoms with E-state index < -0.39 is 0 Å². The molecule has 0 aromatic carbocycles. The summed E-state index contributed by atoms with van der Waals surface area (Å²) in [6.07, 6.45) is 5.51. The Morgan fingerprint density at radius 3 is 2.95 bits per heavy atom. The lowest BCUT2D eigenvalue weighted by Crippen LogP contribution is -2.39. The van der Waals surface area contributed by atoms with E-state index in [0.29, 0.717) is 6.04 Å². The van der Waals surface area contributed by atoms with Crippen LogP contribution in [0.2, 0.25) is 0 Å². The lowest BCUT2D eigenvalue weighted by Gasteiger charge is -2.28. The predicted molar refractivity (Wildman–Crippen MR) is 74.4 cm³/mol. The monoisotopic (exact) mass is 262 g/mol. The zero-order valence-corrected chi connectivity index (χ0v) is 11.3. The fourth-order valence-electron chi connectivity index (χ4n) is 3.11. The van der Waals surface area contributed by atoms with Crippen LogP contribution in [0.5, 0.6) is 0 Å². The third kappa shape index (κ3) is 3.25. The molecule has 19 heavy (non-hydrogen) atoms. The van der Waals surface area contributed by atoms with Gasteiger partial charge in [0, 0.05) is 31.0 Å². The van der Waals surface area contributed by atoms with Crippen molar-refractivity contribution in [1.29, 1.82) is 0 Å². The molecule has 2 N–H and O–H groups in total. The Kier molecular flexibility index (Phi) is 3.99. The molecule has 3 rings (SSSR count). The molecule has 2 heterocycles. The van der Waals surface area contributed by atoms with Crippen molar-refractivity contribution in [2.75, 3.05) is 19.8 Å². The SMILES string of the molecule is O=c1ccc2c([nH]1)CCC(NCC1CCOCC1)C2. The first-order chi connectivity index (χ1) is 9.31. The third-order valence-electron chi connectivity index (χ3n) is 4.34. The van der Waals surface area contributed by atoms with Gasteiger partial charge in [0.2, 0.25) is 5.56 Å². The summed E-state index contributed by atoms with van der Waals surface area (Å²) >= 11 is 0. The van der Waals surface area contributed by atoms with E-state index >= 15 is 0 Å². The average molecular weight is 262 g/mol. The number of nitrogens with one attached hydrogen (secondary N) is 2. The van der Waals surface area contributed by atoms with Gasteiger partial charge in [-0.3, -0.25) is 4.79 Å². The zero-order valence-electron chi connectivity index (χ0n) is 11.3. The largest absolute Gasteiger partial charge is 0.381 e. The number of H-pyrrole nitrogens is 1. The van der Waals surface area contributed by atoms with E-state index in [4.69, 9.17) is 4.74 Å². The number of rotatable bonds is 3. The van der Waals surface area contributed by atoms with Gasteiger partial charge in [-0.05, 0) is 50.1 Å². The van der Waals surface area contributed by atoms with Gasteiger partial charge in [-0.1, -0.05) is 6.07 Å². The third-order valence-corrected chi connectivity index (χ3v) is 4.34. The van der Waals surface area contributed by atoms with Gasteiger partial charge in [-0.25, -0.2) is 0 Å². The maximum absolute atomic E-state index is 11.3. The topological polar surface area (TPSA) is 54.1 Å². The molecular weight excluding hydrogens is 240 g/mol. The van der Waals surface area contributed by atoms with Crippen molar-refractivity contribution in [3.8, 4) is 0 Å². The van der Waals surface area contributed by atoms with Crippen LogP contribution < -0.4 is 10.9 Å². The van der Waals surface area contributed by atoms with Gasteiger partial charge >= 0.3 is 0 Å². The van der Waals surface area contributed by atoms with Crippen molar-refractivity contribution in [2.24, 2.45) is 5.92 Å². The summed E-state index contributed by atoms with van der Waals surface area (Å²) in [4.78, 5) is 14.2. The average Bonchev–Trinajstić information content (AvgIpc) is 2.46. The van der Waals surface area contributed by atoms with Crippen LogP contribution in [-0.2, 0) is 17.6 Å². The Bertz CT molecular complexity index is 477. The van der Waals surface area contributed by atoms with Crippen molar-refractivity contribution in [3.05, 3.63) is 33.7 Å². The van der Waals surface area contributed by atoms with Gasteiger partial charge < -0.3 is 15.0 Å². The van der Waals surface area contributed by atoms with E-state index in [1.54, 1.807) is 6.07 Å². The van der Waals surface area contributed by atoms with Crippen molar-refractivity contribution in [1.82, 2.24) is 10.3 Å². The molecule has 1 fully saturated rings. The van der Waals surface area contributed by atoms with E-state index in [-0.39, 0.29) is 5.56 Å². The molecule has 1 aliphatic carbocycles. The summed E-state index contributed by atoms with van der Waals surface area (Å²) in [6, 6.07) is 4.18. The highest BCUT2D eigenvalue weighted by Gasteiger charge is 2.20. The van der Waals surface area contributed by atoms with Gasteiger partial charge in [-0.15, -0.1) is 0 Å². The first kappa shape index (κ1) is 12.9. The molecule has 4 nitrogen and oxygen atoms in total. The number of hydrogen-bond acceptors (Lipinski definition) is 3. The Hall–Kier alpha value is -1.13. The molecule has 4 heteroatoms. The number of ether oxygens (including phenoxy) is 1. The fourth-order valence-corrected chi connectivity index (χ4v) is 3.11. The summed E-state index contributed by atoms with van der Waals surface area (Å²) < 4.78 is 5.39. The molecule has 1 unspecified atom stereocenters. The molecule has 1 aromatic rings. The summed E-state index contributed by atoms with van der Waals surface area (Å²) in [5, 5.41) is 3.70. The molecular formula is C15H22N2O2. The molecule has 0 amide bonds. The van der Waals surface area contributed by atoms with E-state index in [1.807, 2.05) is 6.07 Å². The van der Waals surface area contributed by atoms with Crippen molar-refractivity contribution < 1.29 is 4.74 Å². The first-order valence-electron chi connectivity index (χ1n) is 7.33. The Labute approximate surface area is 113 Å². The minimum atomic E-state index is 0.0207. The van der Waals surface area contributed by atoms with Crippen molar-refractivity contribution in [2.45, 2.75) is 38.1 Å². The summed E-state index contributed by atoms with van der Waals surface area (Å²) in [7, 11) is 0. The van der Waals surface area contributed by atoms with Gasteiger partial charge in [0.25, 0.3) is 0 Å². The molecule has 1 saturated heterocycles. The highest BCUT2D eigenvalue weighted by atomic mass is 16.5. The maximum Gasteiger partial charge on any atom is 0.248 e. The van der Waals surface area contributed by atoms with E-state index in [2.05, 4.69) is 10.3 Å². The van der Waals surface area contributed by atoms with Crippen LogP contribution >= 0.6 is 0 Å². The highest BCUT2D eigenvalue weighted by molar-refractivity contribution is 5.23. The van der Waals surface area contributed by atoms with Crippen molar-refractivity contribution in [3.63, 3.8) is 0 Å². The highest BCUT2D eigenvalue weighted by Crippen LogP contribution is 2.19. The van der Waals surface area contributed by atoms with Crippen LogP contribution in [0.4, 0.5) is 0 Å². The maximum atomic E-state index is 11.3. The van der Waals surface area contributed by atoms with E-state index in [9.17, 15) is 4.79 Å². The van der Waals surface area contributed by atoms with Crippen LogP contribution in [-0.4, -0.2) is 30.8 Å². The molecule has 1 atom stereocenters. The Morgan fingerprint density at radius 1 is 1.26 bits per heavy atom. The van der Waals surface area contributed by atoms with Crippen LogP contribution in [0.1, 0.15) is 30.5 Å². The quantitative estimate of drug-likeness (QED) is 0.862. The van der Waals surface area contributed by atoms with Crippen LogP contribution in [0.3, 0.4) is 0 Å². The van der Waals surface area contributed by atoms with Gasteiger partial charge in [0.15, 0.2) is 0 Å². The Morgan fingerprint density at radius 2 is 2.11 bits per heavy atom. The minimum absolute atomic E-state index is 0.0207. The van der Waals surface area contributed by atoms with Gasteiger partial charge in [-0.2, -0.15) is 0 Å². The van der Waals surface area contributed by atoms with Crippen LogP contribution in [0.25, 0.3) is 0 Å². The summed E-state index contributed by atoms with van der Waals surface area (Å²) in [5.41, 5.74) is 2.46. The fraction of sp³-hybridized carbons (Fsp3) is 0.667. The zero-order chi connectivity index (χ0) is 13.1. The second kappa shape index (κ2) is 5.88. The molecule has 0 saturated carbocycles. The standard InChI is InChI=1S/C15H22N2O2/c18-15-4-1-12-9-13(2-3-14(12)17-15)16-10-11-5-7-19-8-6-11/h1,4,11,13,16H,2-3,5-10H2,(H,17,18). The van der Waals surface area contributed by atoms with E-state index in [1.165, 1.54) is 18.4 Å². The lowest BCUT2D eigenvalue weighted by atomic mass is 9.91. The number of aryl methyl sites for hydroxylation is 1. The summed E-state index contributed by atoms with van der Waals surface area (Å²) in [6.45, 7) is 2.94. The first-order valence-corrected chi connectivity index (χ1v) is 7.33. The molecule has 1 aromatic heterocycles. The number of fused-ring (bicyclic) bond motifs is 1. The van der Waals surface area contributed by atoms with E-state index in [0.717, 1.165) is 50.6 Å². The Balaban J connectivity index is 1.53. The number of pyridine rings is 1. The molecule has 2 aliphatic rings. The number of hydrogen-bond donors (Lipinski definition) is 2. The lowest BCUT2D eigenvalue weighted by molar-refractivity contribution is 0.0653. The van der Waals surface area contributed by atoms with Gasteiger partial charge in [0.05, 0.1) is 0 Å². The minimum Gasteiger partial charge on any atom is -0.381 e. The molecule has 1 aliphatic heterocycles. The molecule has 0 bridgehead atoms. The van der Waals surface area contributed by atoms with Gasteiger partial charge in [0.1, 0.15) is 0 Å². The van der Waals surface area contributed by atoms with Crippen molar-refractivity contribution >= 4 is 0 Å². The second-order valence-corrected chi connectivity index (χ2v) is 5.73. The second-order valence-electron chi connectivity index (χ2n) is 5.73.